The van der Waals surface area contributed by atoms with Gasteiger partial charge in [0.15, 0.2) is 0 Å². The van der Waals surface area contributed by atoms with E-state index in [4.69, 9.17) is 21.6 Å². The number of hydrogen-bond donors (Lipinski definition) is 0. The second-order valence-corrected chi connectivity index (χ2v) is 9.70. The highest BCUT2D eigenvalue weighted by atomic mass is 35.5. The van der Waals surface area contributed by atoms with Crippen molar-refractivity contribution in [3.63, 3.8) is 0 Å². The third-order valence-electron chi connectivity index (χ3n) is 7.33. The molecule has 0 radical (unpaired) electrons. The Morgan fingerprint density at radius 3 is 2.44 bits per heavy atom. The predicted molar refractivity (Wildman–Crippen MR) is 135 cm³/mol. The number of rotatable bonds is 5. The van der Waals surface area contributed by atoms with Gasteiger partial charge in [0.25, 0.3) is 0 Å². The van der Waals surface area contributed by atoms with Gasteiger partial charge in [0, 0.05) is 26.2 Å². The SMILES string of the molecule is CCC(CC)c1ccc(Cl)c2nc3n(c12)CCCCN3c1cnc(N2CCCC2)cc1C. The highest BCUT2D eigenvalue weighted by molar-refractivity contribution is 6.35. The van der Waals surface area contributed by atoms with Gasteiger partial charge in [-0.1, -0.05) is 31.5 Å². The molecule has 0 bridgehead atoms. The number of aryl methyl sites for hydroxylation is 2. The van der Waals surface area contributed by atoms with E-state index in [2.05, 4.69) is 53.5 Å². The van der Waals surface area contributed by atoms with Crippen molar-refractivity contribution in [3.8, 4) is 0 Å². The molecule has 0 unspecified atom stereocenters. The fourth-order valence-electron chi connectivity index (χ4n) is 5.50. The lowest BCUT2D eigenvalue weighted by atomic mass is 9.93. The van der Waals surface area contributed by atoms with Gasteiger partial charge in [0.05, 0.1) is 22.4 Å². The zero-order valence-electron chi connectivity index (χ0n) is 19.6. The molecule has 0 spiro atoms. The van der Waals surface area contributed by atoms with Crippen LogP contribution in [0.4, 0.5) is 17.5 Å². The van der Waals surface area contributed by atoms with E-state index in [9.17, 15) is 0 Å². The van der Waals surface area contributed by atoms with Crippen molar-refractivity contribution in [1.29, 1.82) is 0 Å². The van der Waals surface area contributed by atoms with E-state index < -0.39 is 0 Å². The second-order valence-electron chi connectivity index (χ2n) is 9.29. The third-order valence-corrected chi connectivity index (χ3v) is 7.63. The number of nitrogens with zero attached hydrogens (tertiary/aromatic N) is 5. The fourth-order valence-corrected chi connectivity index (χ4v) is 5.70. The molecule has 1 aromatic carbocycles. The van der Waals surface area contributed by atoms with Gasteiger partial charge in [0.2, 0.25) is 5.95 Å². The van der Waals surface area contributed by atoms with Crippen LogP contribution in [0.15, 0.2) is 24.4 Å². The topological polar surface area (TPSA) is 37.2 Å². The maximum absolute atomic E-state index is 6.69. The van der Waals surface area contributed by atoms with E-state index in [1.807, 2.05) is 6.07 Å². The highest BCUT2D eigenvalue weighted by Crippen LogP contribution is 2.40. The maximum atomic E-state index is 6.69. The number of pyridine rings is 1. The van der Waals surface area contributed by atoms with Crippen LogP contribution < -0.4 is 9.80 Å². The first kappa shape index (κ1) is 21.6. The van der Waals surface area contributed by atoms with Crippen molar-refractivity contribution in [2.24, 2.45) is 0 Å². The summed E-state index contributed by atoms with van der Waals surface area (Å²) in [7, 11) is 0. The van der Waals surface area contributed by atoms with Gasteiger partial charge >= 0.3 is 0 Å². The van der Waals surface area contributed by atoms with Gasteiger partial charge in [-0.25, -0.2) is 9.97 Å². The van der Waals surface area contributed by atoms with Crippen LogP contribution in [0.5, 0.6) is 0 Å². The lowest BCUT2D eigenvalue weighted by molar-refractivity contribution is 0.632. The van der Waals surface area contributed by atoms with Crippen LogP contribution in [-0.2, 0) is 6.54 Å². The minimum Gasteiger partial charge on any atom is -0.357 e. The Morgan fingerprint density at radius 1 is 1.00 bits per heavy atom. The Kier molecular flexibility index (Phi) is 6.02. The summed E-state index contributed by atoms with van der Waals surface area (Å²) in [5.74, 6) is 2.64. The first-order valence-corrected chi connectivity index (χ1v) is 12.7. The zero-order chi connectivity index (χ0) is 22.2. The van der Waals surface area contributed by atoms with Crippen molar-refractivity contribution in [2.45, 2.75) is 71.8 Å². The van der Waals surface area contributed by atoms with Gasteiger partial charge in [-0.05, 0) is 74.6 Å². The quantitative estimate of drug-likeness (QED) is 0.426. The Labute approximate surface area is 196 Å². The lowest BCUT2D eigenvalue weighted by Gasteiger charge is -2.25. The number of fused-ring (bicyclic) bond motifs is 3. The number of benzene rings is 1. The molecule has 3 aromatic rings. The molecule has 5 nitrogen and oxygen atoms in total. The lowest BCUT2D eigenvalue weighted by Crippen LogP contribution is -2.23. The average molecular weight is 452 g/mol. The molecule has 4 heterocycles. The highest BCUT2D eigenvalue weighted by Gasteiger charge is 2.27. The first-order chi connectivity index (χ1) is 15.6. The normalized spacial score (nSPS) is 16.8. The minimum atomic E-state index is 0.524. The molecule has 0 amide bonds. The number of halogens is 1. The van der Waals surface area contributed by atoms with Crippen LogP contribution in [0.3, 0.4) is 0 Å². The first-order valence-electron chi connectivity index (χ1n) is 12.3. The minimum absolute atomic E-state index is 0.524. The summed E-state index contributed by atoms with van der Waals surface area (Å²) in [4.78, 5) is 14.8. The van der Waals surface area contributed by atoms with Gasteiger partial charge in [-0.15, -0.1) is 0 Å². The molecule has 6 heteroatoms. The van der Waals surface area contributed by atoms with E-state index in [1.165, 1.54) is 29.5 Å². The smallest absolute Gasteiger partial charge is 0.211 e. The van der Waals surface area contributed by atoms with Gasteiger partial charge in [0.1, 0.15) is 11.3 Å². The molecular weight excluding hydrogens is 418 g/mol. The molecular formula is C26H34ClN5. The second kappa shape index (κ2) is 8.93. The zero-order valence-corrected chi connectivity index (χ0v) is 20.3. The summed E-state index contributed by atoms with van der Waals surface area (Å²) in [6, 6.07) is 6.51. The summed E-state index contributed by atoms with van der Waals surface area (Å²) in [5, 5.41) is 0.745. The van der Waals surface area contributed by atoms with E-state index in [1.54, 1.807) is 0 Å². The van der Waals surface area contributed by atoms with Crippen molar-refractivity contribution < 1.29 is 0 Å². The summed E-state index contributed by atoms with van der Waals surface area (Å²) in [5.41, 5.74) is 5.97. The predicted octanol–water partition coefficient (Wildman–Crippen LogP) is 6.83. The van der Waals surface area contributed by atoms with Crippen molar-refractivity contribution >= 4 is 40.1 Å². The summed E-state index contributed by atoms with van der Waals surface area (Å²) in [6.07, 6.45) is 9.11. The van der Waals surface area contributed by atoms with Crippen LogP contribution in [0.1, 0.15) is 69.4 Å². The number of anilines is 3. The van der Waals surface area contributed by atoms with Crippen molar-refractivity contribution in [1.82, 2.24) is 14.5 Å². The third kappa shape index (κ3) is 3.64. The number of aromatic nitrogens is 3. The molecule has 2 aromatic heterocycles. The molecule has 2 aliphatic heterocycles. The molecule has 2 aliphatic rings. The summed E-state index contributed by atoms with van der Waals surface area (Å²) < 4.78 is 2.43. The van der Waals surface area contributed by atoms with Crippen molar-refractivity contribution in [3.05, 3.63) is 40.5 Å². The summed E-state index contributed by atoms with van der Waals surface area (Å²) >= 11 is 6.69. The Morgan fingerprint density at radius 2 is 1.72 bits per heavy atom. The maximum Gasteiger partial charge on any atom is 0.211 e. The van der Waals surface area contributed by atoms with E-state index >= 15 is 0 Å². The molecule has 1 fully saturated rings. The Balaban J connectivity index is 1.63. The van der Waals surface area contributed by atoms with Crippen LogP contribution in [0.25, 0.3) is 11.0 Å². The van der Waals surface area contributed by atoms with Gasteiger partial charge < -0.3 is 14.4 Å². The summed E-state index contributed by atoms with van der Waals surface area (Å²) in [6.45, 7) is 10.9. The van der Waals surface area contributed by atoms with E-state index in [0.29, 0.717) is 5.92 Å². The number of imidazole rings is 1. The van der Waals surface area contributed by atoms with E-state index in [0.717, 1.165) is 79.9 Å². The number of hydrogen-bond acceptors (Lipinski definition) is 4. The van der Waals surface area contributed by atoms with Crippen LogP contribution in [0.2, 0.25) is 5.02 Å². The molecule has 0 N–H and O–H groups in total. The van der Waals surface area contributed by atoms with Crippen LogP contribution in [-0.4, -0.2) is 34.2 Å². The average Bonchev–Trinajstić information content (AvgIpc) is 3.42. The molecule has 1 saturated heterocycles. The largest absolute Gasteiger partial charge is 0.357 e. The van der Waals surface area contributed by atoms with Crippen LogP contribution >= 0.6 is 11.6 Å². The molecule has 32 heavy (non-hydrogen) atoms. The van der Waals surface area contributed by atoms with Gasteiger partial charge in [-0.3, -0.25) is 0 Å². The molecule has 0 atom stereocenters. The molecule has 0 saturated carbocycles. The molecule has 5 rings (SSSR count). The molecule has 170 valence electrons. The molecule has 0 aliphatic carbocycles. The van der Waals surface area contributed by atoms with Crippen LogP contribution in [0, 0.1) is 6.92 Å². The fraction of sp³-hybridized carbons (Fsp3) is 0.538. The Bertz CT molecular complexity index is 1110. The van der Waals surface area contributed by atoms with E-state index in [-0.39, 0.29) is 0 Å². The monoisotopic (exact) mass is 451 g/mol. The van der Waals surface area contributed by atoms with Crippen molar-refractivity contribution in [2.75, 3.05) is 29.4 Å². The Hall–Kier alpha value is -2.27. The standard InChI is InChI=1S/C26H34ClN5/c1-4-19(5-2)20-10-11-21(27)24-25(20)32-15-9-8-14-31(26(32)29-24)22-17-28-23(16-18(22)3)30-12-6-7-13-30/h10-11,16-17,19H,4-9,12-15H2,1-3H3. The van der Waals surface area contributed by atoms with Gasteiger partial charge in [-0.2, -0.15) is 0 Å².